The molecule has 2 aromatic carbocycles. The maximum absolute atomic E-state index is 12.3. The summed E-state index contributed by atoms with van der Waals surface area (Å²) < 4.78 is 5.45. The van der Waals surface area contributed by atoms with Crippen LogP contribution in [-0.4, -0.2) is 41.8 Å². The number of benzene rings is 2. The van der Waals surface area contributed by atoms with Crippen molar-refractivity contribution < 1.29 is 24.2 Å². The van der Waals surface area contributed by atoms with Crippen molar-refractivity contribution >= 4 is 18.0 Å². The number of carboxylic acid groups (broad SMARTS) is 1. The van der Waals surface area contributed by atoms with Crippen LogP contribution in [0.5, 0.6) is 0 Å². The van der Waals surface area contributed by atoms with E-state index in [-0.39, 0.29) is 31.4 Å². The zero-order chi connectivity index (χ0) is 23.5. The molecule has 0 aliphatic heterocycles. The number of carboxylic acids is 1. The molecule has 0 bridgehead atoms. The van der Waals surface area contributed by atoms with Crippen LogP contribution in [0.4, 0.5) is 4.79 Å². The van der Waals surface area contributed by atoms with Crippen LogP contribution in [0.1, 0.15) is 51.2 Å². The zero-order valence-electron chi connectivity index (χ0n) is 18.9. The number of rotatable bonds is 8. The molecule has 0 fully saturated rings. The predicted octanol–water partition coefficient (Wildman–Crippen LogP) is 3.92. The van der Waals surface area contributed by atoms with Crippen molar-refractivity contribution in [2.75, 3.05) is 13.2 Å². The van der Waals surface area contributed by atoms with E-state index in [1.165, 1.54) is 0 Å². The number of carbonyl (C=O) groups is 3. The number of carbonyl (C=O) groups excluding carboxylic acids is 2. The van der Waals surface area contributed by atoms with Crippen LogP contribution in [0.25, 0.3) is 11.1 Å². The van der Waals surface area contributed by atoms with Gasteiger partial charge in [0.2, 0.25) is 5.91 Å². The number of nitrogens with one attached hydrogen (secondary N) is 2. The summed E-state index contributed by atoms with van der Waals surface area (Å²) in [6, 6.07) is 16.2. The molecule has 0 unspecified atom stereocenters. The normalized spacial score (nSPS) is 13.1. The highest BCUT2D eigenvalue weighted by Crippen LogP contribution is 2.44. The van der Waals surface area contributed by atoms with Crippen LogP contribution in [-0.2, 0) is 14.3 Å². The topological polar surface area (TPSA) is 105 Å². The molecule has 170 valence electrons. The quantitative estimate of drug-likeness (QED) is 0.579. The summed E-state index contributed by atoms with van der Waals surface area (Å²) >= 11 is 0. The molecule has 3 N–H and O–H groups in total. The van der Waals surface area contributed by atoms with Crippen molar-refractivity contribution in [1.29, 1.82) is 0 Å². The lowest BCUT2D eigenvalue weighted by atomic mass is 9.74. The van der Waals surface area contributed by atoms with E-state index in [2.05, 4.69) is 22.8 Å². The van der Waals surface area contributed by atoms with Crippen LogP contribution < -0.4 is 10.6 Å². The molecule has 0 saturated heterocycles. The van der Waals surface area contributed by atoms with Crippen molar-refractivity contribution in [1.82, 2.24) is 10.6 Å². The summed E-state index contributed by atoms with van der Waals surface area (Å²) in [7, 11) is 0. The lowest BCUT2D eigenvalue weighted by Gasteiger charge is -2.38. The van der Waals surface area contributed by atoms with E-state index in [0.717, 1.165) is 22.3 Å². The van der Waals surface area contributed by atoms with Gasteiger partial charge in [0, 0.05) is 24.4 Å². The minimum atomic E-state index is -1.15. The molecular formula is C25H30N2O5. The molecule has 0 aromatic heterocycles. The molecule has 7 nitrogen and oxygen atoms in total. The van der Waals surface area contributed by atoms with Gasteiger partial charge in [-0.3, -0.25) is 9.59 Å². The second kappa shape index (κ2) is 9.02. The zero-order valence-corrected chi connectivity index (χ0v) is 18.9. The fourth-order valence-corrected chi connectivity index (χ4v) is 3.76. The Morgan fingerprint density at radius 3 is 2.00 bits per heavy atom. The first-order chi connectivity index (χ1) is 15.0. The fraction of sp³-hybridized carbons (Fsp3) is 0.400. The average Bonchev–Trinajstić information content (AvgIpc) is 3.05. The first-order valence-electron chi connectivity index (χ1n) is 10.7. The minimum absolute atomic E-state index is 0.0172. The Bertz CT molecular complexity index is 983. The van der Waals surface area contributed by atoms with Crippen LogP contribution in [0, 0.1) is 5.41 Å². The van der Waals surface area contributed by atoms with E-state index in [1.807, 2.05) is 36.4 Å². The molecule has 0 radical (unpaired) electrons. The summed E-state index contributed by atoms with van der Waals surface area (Å²) in [6.07, 6.45) is -0.576. The molecule has 3 rings (SSSR count). The highest BCUT2D eigenvalue weighted by atomic mass is 16.5. The van der Waals surface area contributed by atoms with Gasteiger partial charge in [0.05, 0.1) is 5.41 Å². The Labute approximate surface area is 188 Å². The molecule has 0 spiro atoms. The molecule has 2 aromatic rings. The van der Waals surface area contributed by atoms with E-state index in [1.54, 1.807) is 27.7 Å². The van der Waals surface area contributed by atoms with Crippen LogP contribution in [0.3, 0.4) is 0 Å². The largest absolute Gasteiger partial charge is 0.481 e. The molecule has 2 amide bonds. The van der Waals surface area contributed by atoms with Gasteiger partial charge in [-0.1, -0.05) is 48.5 Å². The Morgan fingerprint density at radius 2 is 1.47 bits per heavy atom. The lowest BCUT2D eigenvalue weighted by Crippen LogP contribution is -2.57. The number of hydrogen-bond donors (Lipinski definition) is 3. The predicted molar refractivity (Wildman–Crippen MR) is 121 cm³/mol. The van der Waals surface area contributed by atoms with Gasteiger partial charge in [-0.05, 0) is 49.9 Å². The fourth-order valence-electron chi connectivity index (χ4n) is 3.76. The molecule has 7 heteroatoms. The highest BCUT2D eigenvalue weighted by molar-refractivity contribution is 5.81. The summed E-state index contributed by atoms with van der Waals surface area (Å²) in [5.74, 6) is -1.38. The van der Waals surface area contributed by atoms with E-state index < -0.39 is 23.0 Å². The highest BCUT2D eigenvalue weighted by Gasteiger charge is 2.44. The van der Waals surface area contributed by atoms with E-state index in [4.69, 9.17) is 4.74 Å². The maximum Gasteiger partial charge on any atom is 0.407 e. The van der Waals surface area contributed by atoms with Gasteiger partial charge in [0.25, 0.3) is 0 Å². The first kappa shape index (κ1) is 23.3. The second-order valence-corrected chi connectivity index (χ2v) is 9.11. The SMILES string of the molecule is CC(C)(NC(=O)CCNC(=O)OCC1c2ccccc2-c2ccccc21)C(C)(C)C(=O)O. The summed E-state index contributed by atoms with van der Waals surface area (Å²) in [4.78, 5) is 35.9. The van der Waals surface area contributed by atoms with E-state index >= 15 is 0 Å². The Balaban J connectivity index is 1.49. The summed E-state index contributed by atoms with van der Waals surface area (Å²) in [5, 5.41) is 14.7. The van der Waals surface area contributed by atoms with Gasteiger partial charge in [-0.15, -0.1) is 0 Å². The number of alkyl carbamates (subject to hydrolysis) is 1. The average molecular weight is 439 g/mol. The summed E-state index contributed by atoms with van der Waals surface area (Å²) in [6.45, 7) is 6.74. The number of amides is 2. The van der Waals surface area contributed by atoms with Gasteiger partial charge in [0.1, 0.15) is 6.61 Å². The van der Waals surface area contributed by atoms with Crippen molar-refractivity contribution in [3.05, 3.63) is 59.7 Å². The van der Waals surface area contributed by atoms with Crippen LogP contribution in [0.15, 0.2) is 48.5 Å². The lowest BCUT2D eigenvalue weighted by molar-refractivity contribution is -0.151. The van der Waals surface area contributed by atoms with Gasteiger partial charge in [-0.2, -0.15) is 0 Å². The maximum atomic E-state index is 12.3. The van der Waals surface area contributed by atoms with Gasteiger partial charge in [-0.25, -0.2) is 4.79 Å². The van der Waals surface area contributed by atoms with Crippen LogP contribution >= 0.6 is 0 Å². The molecule has 0 saturated carbocycles. The smallest absolute Gasteiger partial charge is 0.407 e. The van der Waals surface area contributed by atoms with Crippen molar-refractivity contribution in [3.8, 4) is 11.1 Å². The molecule has 1 aliphatic rings. The van der Waals surface area contributed by atoms with Crippen molar-refractivity contribution in [2.24, 2.45) is 5.41 Å². The number of fused-ring (bicyclic) bond motifs is 3. The summed E-state index contributed by atoms with van der Waals surface area (Å²) in [5.41, 5.74) is 2.46. The van der Waals surface area contributed by atoms with E-state index in [0.29, 0.717) is 0 Å². The van der Waals surface area contributed by atoms with Crippen molar-refractivity contribution in [2.45, 2.75) is 45.6 Å². The Kier molecular flexibility index (Phi) is 6.57. The third-order valence-corrected chi connectivity index (χ3v) is 6.51. The second-order valence-electron chi connectivity index (χ2n) is 9.11. The molecule has 0 atom stereocenters. The monoisotopic (exact) mass is 438 g/mol. The Morgan fingerprint density at radius 1 is 0.938 bits per heavy atom. The van der Waals surface area contributed by atoms with Gasteiger partial charge >= 0.3 is 12.1 Å². The van der Waals surface area contributed by atoms with Gasteiger partial charge in [0.15, 0.2) is 0 Å². The molecule has 1 aliphatic carbocycles. The first-order valence-corrected chi connectivity index (χ1v) is 10.7. The third-order valence-electron chi connectivity index (χ3n) is 6.51. The Hall–Kier alpha value is -3.35. The number of aliphatic carboxylic acids is 1. The van der Waals surface area contributed by atoms with Gasteiger partial charge < -0.3 is 20.5 Å². The number of ether oxygens (including phenoxy) is 1. The standard InChI is InChI=1S/C25H30N2O5/c1-24(2,22(29)30)25(3,4)27-21(28)13-14-26-23(31)32-15-20-18-11-7-5-9-16(18)17-10-6-8-12-19(17)20/h5-12,20H,13-15H2,1-4H3,(H,26,31)(H,27,28)(H,29,30). The van der Waals surface area contributed by atoms with E-state index in [9.17, 15) is 19.5 Å². The number of hydrogen-bond acceptors (Lipinski definition) is 4. The van der Waals surface area contributed by atoms with Crippen LogP contribution in [0.2, 0.25) is 0 Å². The minimum Gasteiger partial charge on any atom is -0.481 e. The third kappa shape index (κ3) is 4.61. The molecule has 0 heterocycles. The van der Waals surface area contributed by atoms with Crippen molar-refractivity contribution in [3.63, 3.8) is 0 Å². The molecular weight excluding hydrogens is 408 g/mol. The molecule has 32 heavy (non-hydrogen) atoms.